The largest absolute Gasteiger partial charge is 0.323 e. The molecule has 5 heterocycles. The van der Waals surface area contributed by atoms with Crippen molar-refractivity contribution < 1.29 is 0 Å². The van der Waals surface area contributed by atoms with E-state index in [9.17, 15) is 0 Å². The maximum Gasteiger partial charge on any atom is 0.154 e. The number of anilines is 2. The van der Waals surface area contributed by atoms with Gasteiger partial charge in [-0.1, -0.05) is 13.8 Å². The number of aromatic nitrogens is 6. The molecular formula is C24H28N8. The fraction of sp³-hybridized carbons (Fsp3) is 0.375. The zero-order valence-electron chi connectivity index (χ0n) is 18.7. The molecule has 1 saturated heterocycles. The molecule has 0 aliphatic carbocycles. The summed E-state index contributed by atoms with van der Waals surface area (Å²) in [6.45, 7) is 6.50. The number of piperidine rings is 1. The van der Waals surface area contributed by atoms with Crippen molar-refractivity contribution >= 4 is 22.7 Å². The molecule has 1 aliphatic rings. The number of rotatable bonds is 5. The van der Waals surface area contributed by atoms with Crippen LogP contribution in [0.3, 0.4) is 0 Å². The molecule has 0 spiro atoms. The van der Waals surface area contributed by atoms with Gasteiger partial charge in [-0.15, -0.1) is 5.10 Å². The van der Waals surface area contributed by atoms with Crippen LogP contribution in [0.15, 0.2) is 49.1 Å². The zero-order chi connectivity index (χ0) is 22.1. The van der Waals surface area contributed by atoms with Crippen LogP contribution in [-0.4, -0.2) is 55.0 Å². The Morgan fingerprint density at radius 1 is 0.969 bits per heavy atom. The van der Waals surface area contributed by atoms with E-state index in [1.54, 1.807) is 6.20 Å². The Morgan fingerprint density at radius 2 is 1.81 bits per heavy atom. The van der Waals surface area contributed by atoms with E-state index in [1.807, 2.05) is 30.6 Å². The van der Waals surface area contributed by atoms with Gasteiger partial charge in [0, 0.05) is 23.5 Å². The van der Waals surface area contributed by atoms with Crippen LogP contribution in [0.25, 0.3) is 22.2 Å². The first kappa shape index (κ1) is 20.5. The van der Waals surface area contributed by atoms with Crippen LogP contribution >= 0.6 is 0 Å². The van der Waals surface area contributed by atoms with E-state index in [0.717, 1.165) is 53.7 Å². The van der Waals surface area contributed by atoms with Crippen molar-refractivity contribution in [1.82, 2.24) is 34.8 Å². The Kier molecular flexibility index (Phi) is 5.53. The highest BCUT2D eigenvalue weighted by Gasteiger charge is 2.19. The summed E-state index contributed by atoms with van der Waals surface area (Å²) in [5.74, 6) is 1.79. The Bertz CT molecular complexity index is 1220. The van der Waals surface area contributed by atoms with E-state index in [-0.39, 0.29) is 0 Å². The predicted molar refractivity (Wildman–Crippen MR) is 126 cm³/mol. The summed E-state index contributed by atoms with van der Waals surface area (Å²) in [5.41, 5.74) is 4.89. The van der Waals surface area contributed by atoms with E-state index >= 15 is 0 Å². The van der Waals surface area contributed by atoms with Gasteiger partial charge < -0.3 is 10.2 Å². The van der Waals surface area contributed by atoms with Crippen molar-refractivity contribution in [2.24, 2.45) is 0 Å². The van der Waals surface area contributed by atoms with Gasteiger partial charge in [0.25, 0.3) is 0 Å². The van der Waals surface area contributed by atoms with Gasteiger partial charge in [-0.25, -0.2) is 4.98 Å². The SMILES string of the molecule is CC(C)c1cnnc(Nc2ccc3ncc(-c4cnn(C5CCN(C)CC5)c4)cc3n2)c1. The fourth-order valence-electron chi connectivity index (χ4n) is 4.07. The number of hydrogen-bond acceptors (Lipinski definition) is 7. The minimum atomic E-state index is 0.387. The maximum atomic E-state index is 4.76. The highest BCUT2D eigenvalue weighted by molar-refractivity contribution is 5.81. The lowest BCUT2D eigenvalue weighted by Crippen LogP contribution is -2.31. The normalized spacial score (nSPS) is 15.5. The Labute approximate surface area is 187 Å². The van der Waals surface area contributed by atoms with E-state index in [2.05, 4.69) is 68.3 Å². The van der Waals surface area contributed by atoms with Crippen LogP contribution in [-0.2, 0) is 0 Å². The monoisotopic (exact) mass is 428 g/mol. The first-order chi connectivity index (χ1) is 15.5. The van der Waals surface area contributed by atoms with Crippen LogP contribution in [0.4, 0.5) is 11.6 Å². The third-order valence-corrected chi connectivity index (χ3v) is 6.13. The lowest BCUT2D eigenvalue weighted by Gasteiger charge is -2.28. The molecule has 0 amide bonds. The molecule has 0 radical (unpaired) electrons. The molecule has 1 N–H and O–H groups in total. The Hall–Kier alpha value is -3.39. The minimum Gasteiger partial charge on any atom is -0.323 e. The molecule has 8 heteroatoms. The molecule has 1 aliphatic heterocycles. The van der Waals surface area contributed by atoms with Gasteiger partial charge in [-0.2, -0.15) is 10.2 Å². The van der Waals surface area contributed by atoms with Crippen molar-refractivity contribution in [2.75, 3.05) is 25.5 Å². The molecule has 4 aromatic rings. The fourth-order valence-corrected chi connectivity index (χ4v) is 4.07. The number of fused-ring (bicyclic) bond motifs is 1. The summed E-state index contributed by atoms with van der Waals surface area (Å²) in [6.07, 6.45) is 10.0. The van der Waals surface area contributed by atoms with Crippen molar-refractivity contribution in [1.29, 1.82) is 0 Å². The van der Waals surface area contributed by atoms with Crippen LogP contribution in [0.5, 0.6) is 0 Å². The molecular weight excluding hydrogens is 400 g/mol. The van der Waals surface area contributed by atoms with Gasteiger partial charge in [0.2, 0.25) is 0 Å². The quantitative estimate of drug-likeness (QED) is 0.504. The summed E-state index contributed by atoms with van der Waals surface area (Å²) >= 11 is 0. The van der Waals surface area contributed by atoms with Gasteiger partial charge in [0.05, 0.1) is 29.5 Å². The van der Waals surface area contributed by atoms with Crippen LogP contribution in [0.2, 0.25) is 0 Å². The Morgan fingerprint density at radius 3 is 2.62 bits per heavy atom. The number of nitrogens with zero attached hydrogens (tertiary/aromatic N) is 7. The molecule has 0 aromatic carbocycles. The number of likely N-dealkylation sites (tertiary alicyclic amines) is 1. The van der Waals surface area contributed by atoms with Crippen molar-refractivity contribution in [3.05, 3.63) is 54.6 Å². The van der Waals surface area contributed by atoms with E-state index in [1.165, 1.54) is 0 Å². The minimum absolute atomic E-state index is 0.387. The maximum absolute atomic E-state index is 4.76. The first-order valence-corrected chi connectivity index (χ1v) is 11.1. The van der Waals surface area contributed by atoms with Gasteiger partial charge >= 0.3 is 0 Å². The Balaban J connectivity index is 1.39. The molecule has 0 bridgehead atoms. The zero-order valence-corrected chi connectivity index (χ0v) is 18.7. The molecule has 164 valence electrons. The number of pyridine rings is 2. The molecule has 0 atom stereocenters. The highest BCUT2D eigenvalue weighted by atomic mass is 15.3. The van der Waals surface area contributed by atoms with Crippen LogP contribution < -0.4 is 5.32 Å². The van der Waals surface area contributed by atoms with Crippen LogP contribution in [0.1, 0.15) is 44.2 Å². The van der Waals surface area contributed by atoms with E-state index < -0.39 is 0 Å². The third kappa shape index (κ3) is 4.31. The molecule has 1 fully saturated rings. The second-order valence-corrected chi connectivity index (χ2v) is 8.86. The molecule has 4 aromatic heterocycles. The third-order valence-electron chi connectivity index (χ3n) is 6.13. The summed E-state index contributed by atoms with van der Waals surface area (Å²) in [4.78, 5) is 11.7. The summed E-state index contributed by atoms with van der Waals surface area (Å²) < 4.78 is 2.11. The van der Waals surface area contributed by atoms with Gasteiger partial charge in [0.15, 0.2) is 5.82 Å². The average Bonchev–Trinajstić information content (AvgIpc) is 3.29. The van der Waals surface area contributed by atoms with Gasteiger partial charge in [-0.3, -0.25) is 9.67 Å². The van der Waals surface area contributed by atoms with Crippen molar-refractivity contribution in [3.8, 4) is 11.1 Å². The molecule has 5 rings (SSSR count). The predicted octanol–water partition coefficient (Wildman–Crippen LogP) is 4.42. The highest BCUT2D eigenvalue weighted by Crippen LogP contribution is 2.27. The second-order valence-electron chi connectivity index (χ2n) is 8.86. The standard InChI is InChI=1S/C24H28N8/c1-16(2)17-11-24(30-26-13-17)29-23-5-4-21-22(28-23)10-18(12-25-21)19-14-27-32(15-19)20-6-8-31(3)9-7-20/h4-5,10-16,20H,6-9H2,1-3H3,(H,28,29,30). The van der Waals surface area contributed by atoms with E-state index in [4.69, 9.17) is 4.98 Å². The van der Waals surface area contributed by atoms with Gasteiger partial charge in [0.1, 0.15) is 5.82 Å². The average molecular weight is 429 g/mol. The number of nitrogens with one attached hydrogen (secondary N) is 1. The second kappa shape index (κ2) is 8.63. The number of hydrogen-bond donors (Lipinski definition) is 1. The first-order valence-electron chi connectivity index (χ1n) is 11.1. The summed E-state index contributed by atoms with van der Waals surface area (Å²) in [7, 11) is 2.18. The van der Waals surface area contributed by atoms with Crippen LogP contribution in [0, 0.1) is 0 Å². The lowest BCUT2D eigenvalue weighted by atomic mass is 10.1. The van der Waals surface area contributed by atoms with E-state index in [0.29, 0.717) is 23.6 Å². The molecule has 8 nitrogen and oxygen atoms in total. The van der Waals surface area contributed by atoms with Crippen molar-refractivity contribution in [2.45, 2.75) is 38.6 Å². The van der Waals surface area contributed by atoms with Crippen molar-refractivity contribution in [3.63, 3.8) is 0 Å². The molecule has 0 unspecified atom stereocenters. The smallest absolute Gasteiger partial charge is 0.154 e. The topological polar surface area (TPSA) is 84.7 Å². The summed E-state index contributed by atoms with van der Waals surface area (Å²) in [6, 6.07) is 8.42. The summed E-state index contributed by atoms with van der Waals surface area (Å²) in [5, 5.41) is 16.2. The molecule has 32 heavy (non-hydrogen) atoms. The molecule has 0 saturated carbocycles. The van der Waals surface area contributed by atoms with Gasteiger partial charge in [-0.05, 0) is 68.7 Å². The lowest BCUT2D eigenvalue weighted by molar-refractivity contribution is 0.212.